The Morgan fingerprint density at radius 2 is 2.00 bits per heavy atom. The van der Waals surface area contributed by atoms with Gasteiger partial charge in [-0.1, -0.05) is 35.5 Å². The molecule has 2 aromatic heterocycles. The number of nitrogen functional groups attached to an aromatic ring is 1. The smallest absolute Gasteiger partial charge is 0.213 e. The fourth-order valence-electron chi connectivity index (χ4n) is 1.88. The van der Waals surface area contributed by atoms with Gasteiger partial charge < -0.3 is 15.6 Å². The molecule has 7 heteroatoms. The number of aromatic nitrogens is 4. The molecule has 7 nitrogen and oxygen atoms in total. The SMILES string of the molecule is Nc1cc(NCCc2ncon2)nc(-c2ccccc2)n1. The molecule has 1 aromatic carbocycles. The third kappa shape index (κ3) is 3.33. The van der Waals surface area contributed by atoms with Crippen LogP contribution >= 0.6 is 0 Å². The summed E-state index contributed by atoms with van der Waals surface area (Å²) in [5.74, 6) is 2.33. The summed E-state index contributed by atoms with van der Waals surface area (Å²) < 4.78 is 4.68. The highest BCUT2D eigenvalue weighted by atomic mass is 16.5. The molecule has 0 amide bonds. The van der Waals surface area contributed by atoms with Crippen LogP contribution in [0.2, 0.25) is 0 Å². The van der Waals surface area contributed by atoms with Crippen LogP contribution in [0.3, 0.4) is 0 Å². The van der Waals surface area contributed by atoms with E-state index in [1.807, 2.05) is 30.3 Å². The van der Waals surface area contributed by atoms with Crippen LogP contribution in [-0.4, -0.2) is 26.7 Å². The molecule has 2 heterocycles. The van der Waals surface area contributed by atoms with Crippen molar-refractivity contribution in [3.63, 3.8) is 0 Å². The Labute approximate surface area is 121 Å². The van der Waals surface area contributed by atoms with Crippen molar-refractivity contribution in [1.29, 1.82) is 0 Å². The highest BCUT2D eigenvalue weighted by molar-refractivity contribution is 5.60. The van der Waals surface area contributed by atoms with Crippen LogP contribution in [0, 0.1) is 0 Å². The molecule has 0 bridgehead atoms. The molecule has 0 aliphatic carbocycles. The molecule has 0 unspecified atom stereocenters. The maximum atomic E-state index is 5.83. The van der Waals surface area contributed by atoms with Crippen LogP contribution in [0.15, 0.2) is 47.3 Å². The van der Waals surface area contributed by atoms with Crippen LogP contribution < -0.4 is 11.1 Å². The number of hydrogen-bond acceptors (Lipinski definition) is 7. The lowest BCUT2D eigenvalue weighted by Gasteiger charge is -2.07. The summed E-state index contributed by atoms with van der Waals surface area (Å²) in [6.45, 7) is 0.629. The quantitative estimate of drug-likeness (QED) is 0.735. The summed E-state index contributed by atoms with van der Waals surface area (Å²) in [6, 6.07) is 11.4. The second-order valence-corrected chi connectivity index (χ2v) is 4.39. The Morgan fingerprint density at radius 1 is 1.14 bits per heavy atom. The predicted octanol–water partition coefficient (Wildman–Crippen LogP) is 1.76. The van der Waals surface area contributed by atoms with Gasteiger partial charge >= 0.3 is 0 Å². The monoisotopic (exact) mass is 282 g/mol. The van der Waals surface area contributed by atoms with E-state index in [0.29, 0.717) is 36.3 Å². The molecule has 0 spiro atoms. The molecule has 3 N–H and O–H groups in total. The van der Waals surface area contributed by atoms with Crippen molar-refractivity contribution in [2.75, 3.05) is 17.6 Å². The number of nitrogens with zero attached hydrogens (tertiary/aromatic N) is 4. The number of benzene rings is 1. The average Bonchev–Trinajstić information content (AvgIpc) is 3.01. The first-order chi connectivity index (χ1) is 10.3. The summed E-state index contributed by atoms with van der Waals surface area (Å²) in [4.78, 5) is 12.7. The second kappa shape index (κ2) is 6.00. The van der Waals surface area contributed by atoms with Crippen molar-refractivity contribution in [3.05, 3.63) is 48.6 Å². The first kappa shape index (κ1) is 13.0. The zero-order valence-electron chi connectivity index (χ0n) is 11.2. The summed E-state index contributed by atoms with van der Waals surface area (Å²) in [5.41, 5.74) is 6.75. The molecule has 3 rings (SSSR count). The van der Waals surface area contributed by atoms with Crippen molar-refractivity contribution in [2.45, 2.75) is 6.42 Å². The lowest BCUT2D eigenvalue weighted by atomic mass is 10.2. The molecule has 0 fully saturated rings. The van der Waals surface area contributed by atoms with Crippen LogP contribution in [0.5, 0.6) is 0 Å². The zero-order valence-corrected chi connectivity index (χ0v) is 11.2. The van der Waals surface area contributed by atoms with E-state index in [-0.39, 0.29) is 0 Å². The summed E-state index contributed by atoms with van der Waals surface area (Å²) >= 11 is 0. The van der Waals surface area contributed by atoms with Gasteiger partial charge in [-0.3, -0.25) is 0 Å². The molecule has 21 heavy (non-hydrogen) atoms. The first-order valence-corrected chi connectivity index (χ1v) is 6.50. The van der Waals surface area contributed by atoms with Gasteiger partial charge in [0.2, 0.25) is 6.39 Å². The minimum absolute atomic E-state index is 0.422. The maximum absolute atomic E-state index is 5.83. The minimum atomic E-state index is 0.422. The van der Waals surface area contributed by atoms with Gasteiger partial charge in [0, 0.05) is 24.6 Å². The van der Waals surface area contributed by atoms with Gasteiger partial charge in [0.05, 0.1) is 0 Å². The second-order valence-electron chi connectivity index (χ2n) is 4.39. The van der Waals surface area contributed by atoms with Gasteiger partial charge in [0.1, 0.15) is 11.6 Å². The predicted molar refractivity (Wildman–Crippen MR) is 78.4 cm³/mol. The Balaban J connectivity index is 1.72. The summed E-state index contributed by atoms with van der Waals surface area (Å²) in [7, 11) is 0. The number of anilines is 2. The van der Waals surface area contributed by atoms with Gasteiger partial charge in [0.15, 0.2) is 11.6 Å². The van der Waals surface area contributed by atoms with Gasteiger partial charge in [-0.2, -0.15) is 4.98 Å². The van der Waals surface area contributed by atoms with E-state index in [0.717, 1.165) is 5.56 Å². The van der Waals surface area contributed by atoms with Crippen molar-refractivity contribution < 1.29 is 4.52 Å². The van der Waals surface area contributed by atoms with Gasteiger partial charge in [-0.15, -0.1) is 0 Å². The zero-order chi connectivity index (χ0) is 14.5. The van der Waals surface area contributed by atoms with E-state index < -0.39 is 0 Å². The summed E-state index contributed by atoms with van der Waals surface area (Å²) in [6.07, 6.45) is 1.95. The number of nitrogens with two attached hydrogens (primary N) is 1. The molecule has 0 saturated carbocycles. The molecule has 0 aliphatic rings. The largest absolute Gasteiger partial charge is 0.384 e. The topological polar surface area (TPSA) is 103 Å². The molecule has 3 aromatic rings. The van der Waals surface area contributed by atoms with E-state index in [1.165, 1.54) is 6.39 Å². The highest BCUT2D eigenvalue weighted by Crippen LogP contribution is 2.18. The molecular formula is C14H14N6O. The van der Waals surface area contributed by atoms with Crippen LogP contribution in [0.4, 0.5) is 11.6 Å². The van der Waals surface area contributed by atoms with E-state index in [1.54, 1.807) is 6.07 Å². The van der Waals surface area contributed by atoms with Gasteiger partial charge in [0.25, 0.3) is 0 Å². The van der Waals surface area contributed by atoms with Gasteiger partial charge in [-0.25, -0.2) is 9.97 Å². The number of rotatable bonds is 5. The summed E-state index contributed by atoms with van der Waals surface area (Å²) in [5, 5.41) is 6.93. The lowest BCUT2D eigenvalue weighted by molar-refractivity contribution is 0.410. The molecule has 106 valence electrons. The molecule has 0 atom stereocenters. The molecule has 0 saturated heterocycles. The number of nitrogens with one attached hydrogen (secondary N) is 1. The van der Waals surface area contributed by atoms with E-state index in [4.69, 9.17) is 5.73 Å². The van der Waals surface area contributed by atoms with Crippen molar-refractivity contribution in [2.24, 2.45) is 0 Å². The lowest BCUT2D eigenvalue weighted by Crippen LogP contribution is -2.09. The number of hydrogen-bond donors (Lipinski definition) is 2. The standard InChI is InChI=1S/C14H14N6O/c15-11-8-13(16-7-6-12-17-9-21-20-12)19-14(18-11)10-4-2-1-3-5-10/h1-5,8-9H,6-7H2,(H3,15,16,18,19). The Hall–Kier alpha value is -2.96. The van der Waals surface area contributed by atoms with E-state index >= 15 is 0 Å². The average molecular weight is 282 g/mol. The fraction of sp³-hybridized carbons (Fsp3) is 0.143. The first-order valence-electron chi connectivity index (χ1n) is 6.50. The highest BCUT2D eigenvalue weighted by Gasteiger charge is 2.05. The van der Waals surface area contributed by atoms with Crippen molar-refractivity contribution in [1.82, 2.24) is 20.1 Å². The third-order valence-electron chi connectivity index (χ3n) is 2.84. The third-order valence-corrected chi connectivity index (χ3v) is 2.84. The molecule has 0 radical (unpaired) electrons. The normalized spacial score (nSPS) is 10.5. The van der Waals surface area contributed by atoms with Gasteiger partial charge in [-0.05, 0) is 0 Å². The van der Waals surface area contributed by atoms with E-state index in [2.05, 4.69) is 29.9 Å². The Morgan fingerprint density at radius 3 is 2.76 bits per heavy atom. The maximum Gasteiger partial charge on any atom is 0.213 e. The minimum Gasteiger partial charge on any atom is -0.384 e. The van der Waals surface area contributed by atoms with Crippen LogP contribution in [0.1, 0.15) is 5.82 Å². The molecule has 0 aliphatic heterocycles. The Bertz CT molecular complexity index is 699. The van der Waals surface area contributed by atoms with Crippen LogP contribution in [-0.2, 0) is 6.42 Å². The van der Waals surface area contributed by atoms with Crippen LogP contribution in [0.25, 0.3) is 11.4 Å². The van der Waals surface area contributed by atoms with E-state index in [9.17, 15) is 0 Å². The van der Waals surface area contributed by atoms with Crippen molar-refractivity contribution >= 4 is 11.6 Å². The fourth-order valence-corrected chi connectivity index (χ4v) is 1.88. The van der Waals surface area contributed by atoms with Crippen molar-refractivity contribution in [3.8, 4) is 11.4 Å². The Kier molecular flexibility index (Phi) is 3.72. The molecular weight excluding hydrogens is 268 g/mol.